The van der Waals surface area contributed by atoms with Crippen molar-refractivity contribution in [1.29, 1.82) is 0 Å². The van der Waals surface area contributed by atoms with Crippen LogP contribution in [0.25, 0.3) is 0 Å². The molecule has 0 radical (unpaired) electrons. The Morgan fingerprint density at radius 2 is 1.27 bits per heavy atom. The lowest BCUT2D eigenvalue weighted by Gasteiger charge is -2.37. The maximum absolute atomic E-state index is 14.1. The molecule has 0 spiro atoms. The second kappa shape index (κ2) is 14.8. The fraction of sp³-hybridized carbons (Fsp3) is 0.318. The lowest BCUT2D eigenvalue weighted by molar-refractivity contribution is 0.221. The lowest BCUT2D eigenvalue weighted by atomic mass is 9.87. The maximum atomic E-state index is 14.1. The average Bonchev–Trinajstić information content (AvgIpc) is 3.18. The minimum absolute atomic E-state index is 0.0229. The van der Waals surface area contributed by atoms with Crippen molar-refractivity contribution in [3.63, 3.8) is 0 Å². The van der Waals surface area contributed by atoms with Gasteiger partial charge >= 0.3 is 10.1 Å². The smallest absolute Gasteiger partial charge is 0.339 e. The molecule has 0 N–H and O–H groups in total. The zero-order valence-electron chi connectivity index (χ0n) is 32.0. The largest absolute Gasteiger partial charge is 0.493 e. The van der Waals surface area contributed by atoms with E-state index in [9.17, 15) is 8.42 Å². The number of nitrogens with zero attached hydrogens (tertiary/aromatic N) is 2. The van der Waals surface area contributed by atoms with Crippen molar-refractivity contribution in [2.75, 3.05) is 48.5 Å². The van der Waals surface area contributed by atoms with Crippen molar-refractivity contribution in [3.8, 4) is 46.0 Å². The van der Waals surface area contributed by atoms with Gasteiger partial charge in [-0.05, 0) is 129 Å². The molecule has 4 heterocycles. The monoisotopic (exact) mass is 762 g/mol. The molecule has 5 aromatic carbocycles. The number of rotatable bonds is 6. The molecule has 4 aliphatic rings. The van der Waals surface area contributed by atoms with E-state index in [1.807, 2.05) is 43.3 Å². The quantitative estimate of drug-likeness (QED) is 0.158. The normalized spacial score (nSPS) is 18.2. The maximum Gasteiger partial charge on any atom is 0.339 e. The number of aryl methyl sites for hydroxylation is 1. The molecule has 5 aromatic rings. The molecule has 0 saturated carbocycles. The summed E-state index contributed by atoms with van der Waals surface area (Å²) in [4.78, 5) is 4.64. The first-order valence-electron chi connectivity index (χ1n) is 18.5. The number of ether oxygens (including phenoxy) is 5. The highest BCUT2D eigenvalue weighted by atomic mass is 32.2. The van der Waals surface area contributed by atoms with E-state index < -0.39 is 10.1 Å². The molecule has 9 rings (SSSR count). The van der Waals surface area contributed by atoms with Gasteiger partial charge < -0.3 is 27.9 Å². The molecule has 286 valence electrons. The zero-order chi connectivity index (χ0) is 38.4. The van der Waals surface area contributed by atoms with Crippen LogP contribution in [0, 0.1) is 6.92 Å². The van der Waals surface area contributed by atoms with Crippen molar-refractivity contribution in [1.82, 2.24) is 9.80 Å². The molecule has 0 saturated heterocycles. The van der Waals surface area contributed by atoms with Crippen molar-refractivity contribution in [2.45, 2.75) is 49.6 Å². The van der Waals surface area contributed by atoms with E-state index >= 15 is 0 Å². The van der Waals surface area contributed by atoms with Crippen LogP contribution in [0.2, 0.25) is 0 Å². The number of hydrogen-bond donors (Lipinski definition) is 0. The average molecular weight is 763 g/mol. The number of hydrogen-bond acceptors (Lipinski definition) is 10. The summed E-state index contributed by atoms with van der Waals surface area (Å²) >= 11 is 0. The van der Waals surface area contributed by atoms with Gasteiger partial charge in [0.1, 0.15) is 10.6 Å². The summed E-state index contributed by atoms with van der Waals surface area (Å²) < 4.78 is 65.5. The van der Waals surface area contributed by atoms with E-state index in [0.717, 1.165) is 59.3 Å². The molecule has 6 bridgehead atoms. The van der Waals surface area contributed by atoms with E-state index in [-0.39, 0.29) is 34.2 Å². The lowest BCUT2D eigenvalue weighted by Crippen LogP contribution is -2.34. The van der Waals surface area contributed by atoms with Crippen LogP contribution in [-0.2, 0) is 35.8 Å². The molecule has 11 heteroatoms. The van der Waals surface area contributed by atoms with Gasteiger partial charge in [0.05, 0.1) is 21.3 Å². The van der Waals surface area contributed by atoms with E-state index in [1.165, 1.54) is 12.7 Å². The summed E-state index contributed by atoms with van der Waals surface area (Å²) in [5.41, 5.74) is 7.16. The predicted molar refractivity (Wildman–Crippen MR) is 210 cm³/mol. The Morgan fingerprint density at radius 3 is 1.98 bits per heavy atom. The Bertz CT molecular complexity index is 2340. The summed E-state index contributed by atoms with van der Waals surface area (Å²) in [6, 6.07) is 26.5. The second-order valence-electron chi connectivity index (χ2n) is 14.6. The Labute approximate surface area is 323 Å². The molecule has 2 unspecified atom stereocenters. The van der Waals surface area contributed by atoms with Crippen LogP contribution in [0.5, 0.6) is 46.0 Å². The van der Waals surface area contributed by atoms with Gasteiger partial charge in [-0.15, -0.1) is 0 Å². The standard InChI is InChI=1S/C44H46N2O8S/c1-27-7-14-33(15-8-27)55(47,48)54-43-41(51-6)25-31-18-20-46(3)36-22-29-11-16-37(49-4)39(23-29)52-32-12-9-28(10-13-32)21-35-34-26-40(53-44(43)42(31)36)38(50-5)24-30(34)17-19-45(35)2/h7-16,23-26,35-36H,17-22H2,1-6H3. The number of benzene rings is 5. The third-order valence-electron chi connectivity index (χ3n) is 11.1. The van der Waals surface area contributed by atoms with Crippen LogP contribution < -0.4 is 27.9 Å². The summed E-state index contributed by atoms with van der Waals surface area (Å²) in [7, 11) is 4.66. The van der Waals surface area contributed by atoms with Crippen LogP contribution in [-0.4, -0.2) is 66.7 Å². The molecule has 0 amide bonds. The van der Waals surface area contributed by atoms with E-state index in [0.29, 0.717) is 41.6 Å². The minimum Gasteiger partial charge on any atom is -0.493 e. The molecule has 0 fully saturated rings. The highest BCUT2D eigenvalue weighted by Gasteiger charge is 2.36. The first kappa shape index (κ1) is 36.7. The Balaban J connectivity index is 1.38. The highest BCUT2D eigenvalue weighted by Crippen LogP contribution is 2.52. The van der Waals surface area contributed by atoms with Gasteiger partial charge in [0.25, 0.3) is 0 Å². The Morgan fingerprint density at radius 1 is 0.655 bits per heavy atom. The molecule has 55 heavy (non-hydrogen) atoms. The number of fused-ring (bicyclic) bond motifs is 2. The minimum atomic E-state index is -4.33. The van der Waals surface area contributed by atoms with Gasteiger partial charge in [0, 0.05) is 30.7 Å². The summed E-state index contributed by atoms with van der Waals surface area (Å²) in [6.45, 7) is 3.54. The van der Waals surface area contributed by atoms with Crippen LogP contribution in [0.1, 0.15) is 51.0 Å². The molecule has 2 atom stereocenters. The van der Waals surface area contributed by atoms with Crippen molar-refractivity contribution in [2.24, 2.45) is 0 Å². The molecule has 0 aromatic heterocycles. The fourth-order valence-electron chi connectivity index (χ4n) is 8.02. The zero-order valence-corrected chi connectivity index (χ0v) is 32.9. The van der Waals surface area contributed by atoms with Crippen LogP contribution in [0.15, 0.2) is 89.8 Å². The van der Waals surface area contributed by atoms with Gasteiger partial charge in [0.2, 0.25) is 5.75 Å². The summed E-state index contributed by atoms with van der Waals surface area (Å²) in [6.07, 6.45) is 2.82. The molecule has 10 nitrogen and oxygen atoms in total. The molecule has 0 aliphatic carbocycles. The van der Waals surface area contributed by atoms with Crippen LogP contribution in [0.4, 0.5) is 0 Å². The van der Waals surface area contributed by atoms with E-state index in [4.69, 9.17) is 27.9 Å². The van der Waals surface area contributed by atoms with Gasteiger partial charge in [-0.3, -0.25) is 9.80 Å². The van der Waals surface area contributed by atoms with Gasteiger partial charge in [0.15, 0.2) is 34.5 Å². The second-order valence-corrected chi connectivity index (χ2v) is 16.1. The van der Waals surface area contributed by atoms with Gasteiger partial charge in [-0.25, -0.2) is 0 Å². The topological polar surface area (TPSA) is 96.0 Å². The SMILES string of the molecule is COc1ccc2cc1Oc1ccc(cc1)CC1c3cc(c(OC)cc3CCN1C)Oc1c(OS(=O)(=O)c3ccc(C)cc3)c(OC)cc3c1C(C2)N(C)CC3. The predicted octanol–water partition coefficient (Wildman–Crippen LogP) is 8.23. The van der Waals surface area contributed by atoms with E-state index in [2.05, 4.69) is 48.2 Å². The molecular formula is C44H46N2O8S. The number of likely N-dealkylation sites (N-methyl/N-ethyl adjacent to an activating group) is 2. The first-order chi connectivity index (χ1) is 26.5. The Kier molecular flexibility index (Phi) is 9.87. The van der Waals surface area contributed by atoms with Gasteiger partial charge in [-0.2, -0.15) is 8.42 Å². The van der Waals surface area contributed by atoms with Crippen molar-refractivity contribution >= 4 is 10.1 Å². The van der Waals surface area contributed by atoms with Gasteiger partial charge in [-0.1, -0.05) is 35.9 Å². The third kappa shape index (κ3) is 7.08. The van der Waals surface area contributed by atoms with E-state index in [1.54, 1.807) is 38.5 Å². The Hall–Kier alpha value is -5.23. The van der Waals surface area contributed by atoms with Crippen LogP contribution >= 0.6 is 0 Å². The summed E-state index contributed by atoms with van der Waals surface area (Å²) in [5.74, 6) is 3.43. The molecular weight excluding hydrogens is 717 g/mol. The van der Waals surface area contributed by atoms with Crippen molar-refractivity contribution < 1.29 is 36.3 Å². The molecule has 4 aliphatic heterocycles. The van der Waals surface area contributed by atoms with Crippen molar-refractivity contribution in [3.05, 3.63) is 124 Å². The number of methoxy groups -OCH3 is 3. The van der Waals surface area contributed by atoms with Crippen LogP contribution in [0.3, 0.4) is 0 Å². The third-order valence-corrected chi connectivity index (χ3v) is 12.4. The fourth-order valence-corrected chi connectivity index (χ4v) is 8.97. The summed E-state index contributed by atoms with van der Waals surface area (Å²) in [5, 5.41) is 0. The highest BCUT2D eigenvalue weighted by molar-refractivity contribution is 7.87. The first-order valence-corrected chi connectivity index (χ1v) is 19.9.